The van der Waals surface area contributed by atoms with E-state index < -0.39 is 17.5 Å². The molecule has 0 aromatic rings. The lowest BCUT2D eigenvalue weighted by Gasteiger charge is -2.48. The third-order valence-electron chi connectivity index (χ3n) is 5.38. The van der Waals surface area contributed by atoms with Gasteiger partial charge in [0, 0.05) is 16.9 Å². The van der Waals surface area contributed by atoms with Gasteiger partial charge in [-0.1, -0.05) is 13.8 Å². The first-order chi connectivity index (χ1) is 9.40. The van der Waals surface area contributed by atoms with Gasteiger partial charge in [-0.05, 0) is 25.3 Å². The number of carbonyl (C=O) groups is 2. The van der Waals surface area contributed by atoms with Gasteiger partial charge in [0.05, 0.1) is 12.5 Å². The van der Waals surface area contributed by atoms with Gasteiger partial charge in [-0.25, -0.2) is 4.79 Å². The molecule has 0 bridgehead atoms. The predicted octanol–water partition coefficient (Wildman–Crippen LogP) is 1.20. The molecule has 0 amide bonds. The van der Waals surface area contributed by atoms with Crippen LogP contribution in [0.4, 0.5) is 0 Å². The Balaban J connectivity index is 2.10. The van der Waals surface area contributed by atoms with Crippen molar-refractivity contribution in [2.45, 2.75) is 45.8 Å². The van der Waals surface area contributed by atoms with Crippen LogP contribution in [0.3, 0.4) is 0 Å². The zero-order valence-electron chi connectivity index (χ0n) is 12.0. The molecule has 2 fully saturated rings. The molecule has 3 rings (SSSR count). The average molecular weight is 280 g/mol. The summed E-state index contributed by atoms with van der Waals surface area (Å²) >= 11 is 0. The van der Waals surface area contributed by atoms with E-state index in [0.29, 0.717) is 5.57 Å². The Kier molecular flexibility index (Phi) is 2.94. The maximum atomic E-state index is 12.0. The van der Waals surface area contributed by atoms with Gasteiger partial charge in [0.2, 0.25) is 0 Å². The zero-order valence-corrected chi connectivity index (χ0v) is 12.0. The van der Waals surface area contributed by atoms with Crippen LogP contribution in [0.25, 0.3) is 0 Å². The van der Waals surface area contributed by atoms with Gasteiger partial charge in [-0.2, -0.15) is 0 Å². The Morgan fingerprint density at radius 3 is 2.70 bits per heavy atom. The van der Waals surface area contributed by atoms with Crippen molar-refractivity contribution in [3.63, 3.8) is 0 Å². The SMILES string of the molecule is CC1=C2[C@H]3OC(=O)[C@@H](C)[C@@H]3CC[C@@]2(C)[C@H](CO)OC1=O. The standard InChI is InChI=1S/C15H20O5/c1-7-9-4-5-15(3)10(6-16)19-14(18)8(2)11(15)12(9)20-13(7)17/h7,9-10,12,16H,4-6H2,1-3H3/t7-,9-,10-,12-,15-/m0/s1. The number of esters is 2. The average Bonchev–Trinajstić information content (AvgIpc) is 2.69. The maximum absolute atomic E-state index is 12.0. The van der Waals surface area contributed by atoms with E-state index in [2.05, 4.69) is 0 Å². The fraction of sp³-hybridized carbons (Fsp3) is 0.733. The van der Waals surface area contributed by atoms with Crippen molar-refractivity contribution >= 4 is 11.9 Å². The van der Waals surface area contributed by atoms with Gasteiger partial charge in [0.1, 0.15) is 12.2 Å². The summed E-state index contributed by atoms with van der Waals surface area (Å²) < 4.78 is 10.9. The smallest absolute Gasteiger partial charge is 0.334 e. The Morgan fingerprint density at radius 2 is 2.05 bits per heavy atom. The first-order valence-electron chi connectivity index (χ1n) is 7.13. The van der Waals surface area contributed by atoms with Crippen LogP contribution in [-0.4, -0.2) is 35.9 Å². The van der Waals surface area contributed by atoms with E-state index in [0.717, 1.165) is 18.4 Å². The second-order valence-electron chi connectivity index (χ2n) is 6.38. The number of aliphatic hydroxyl groups is 1. The number of fused-ring (bicyclic) bond motifs is 3. The number of rotatable bonds is 1. The molecule has 1 N–H and O–H groups in total. The minimum atomic E-state index is -0.552. The predicted molar refractivity (Wildman–Crippen MR) is 69.5 cm³/mol. The topological polar surface area (TPSA) is 72.8 Å². The molecule has 3 aliphatic rings. The molecule has 1 aliphatic carbocycles. The molecular weight excluding hydrogens is 260 g/mol. The molecule has 0 spiro atoms. The lowest BCUT2D eigenvalue weighted by molar-refractivity contribution is -0.161. The summed E-state index contributed by atoms with van der Waals surface area (Å²) in [7, 11) is 0. The molecule has 1 saturated carbocycles. The van der Waals surface area contributed by atoms with Crippen molar-refractivity contribution in [2.75, 3.05) is 6.61 Å². The lowest BCUT2D eigenvalue weighted by atomic mass is 9.60. The van der Waals surface area contributed by atoms with Crippen LogP contribution >= 0.6 is 0 Å². The highest BCUT2D eigenvalue weighted by molar-refractivity contribution is 5.91. The van der Waals surface area contributed by atoms with E-state index in [-0.39, 0.29) is 30.5 Å². The summed E-state index contributed by atoms with van der Waals surface area (Å²) in [6, 6.07) is 0. The van der Waals surface area contributed by atoms with Gasteiger partial charge < -0.3 is 14.6 Å². The maximum Gasteiger partial charge on any atom is 0.334 e. The quantitative estimate of drug-likeness (QED) is 0.731. The molecule has 0 aromatic carbocycles. The minimum Gasteiger partial charge on any atom is -0.457 e. The Bertz CT molecular complexity index is 508. The third kappa shape index (κ3) is 1.59. The zero-order chi connectivity index (χ0) is 14.7. The number of carbonyl (C=O) groups excluding carboxylic acids is 2. The lowest BCUT2D eigenvalue weighted by Crippen LogP contribution is -2.51. The highest BCUT2D eigenvalue weighted by atomic mass is 16.6. The van der Waals surface area contributed by atoms with Crippen molar-refractivity contribution in [2.24, 2.45) is 17.3 Å². The number of hydrogen-bond acceptors (Lipinski definition) is 5. The third-order valence-corrected chi connectivity index (χ3v) is 5.38. The van der Waals surface area contributed by atoms with Crippen LogP contribution in [-0.2, 0) is 19.1 Å². The van der Waals surface area contributed by atoms with Gasteiger partial charge in [0.15, 0.2) is 0 Å². The van der Waals surface area contributed by atoms with Crippen molar-refractivity contribution in [3.8, 4) is 0 Å². The largest absolute Gasteiger partial charge is 0.457 e. The monoisotopic (exact) mass is 280 g/mol. The summed E-state index contributed by atoms with van der Waals surface area (Å²) in [6.45, 7) is 5.39. The summed E-state index contributed by atoms with van der Waals surface area (Å²) in [5, 5.41) is 9.54. The normalized spacial score (nSPS) is 43.8. The Labute approximate surface area is 117 Å². The molecule has 2 aliphatic heterocycles. The number of ether oxygens (including phenoxy) is 2. The molecule has 110 valence electrons. The van der Waals surface area contributed by atoms with Crippen LogP contribution in [0, 0.1) is 17.3 Å². The van der Waals surface area contributed by atoms with E-state index in [4.69, 9.17) is 9.47 Å². The fourth-order valence-electron chi connectivity index (χ4n) is 4.03. The van der Waals surface area contributed by atoms with Gasteiger partial charge in [-0.15, -0.1) is 0 Å². The summed E-state index contributed by atoms with van der Waals surface area (Å²) in [5.41, 5.74) is 0.966. The number of aliphatic hydroxyl groups excluding tert-OH is 1. The molecule has 1 saturated heterocycles. The molecule has 5 nitrogen and oxygen atoms in total. The van der Waals surface area contributed by atoms with Crippen LogP contribution < -0.4 is 0 Å². The van der Waals surface area contributed by atoms with Gasteiger partial charge >= 0.3 is 11.9 Å². The molecule has 0 radical (unpaired) electrons. The second kappa shape index (κ2) is 4.32. The molecule has 5 atom stereocenters. The first-order valence-corrected chi connectivity index (χ1v) is 7.13. The van der Waals surface area contributed by atoms with E-state index in [9.17, 15) is 14.7 Å². The summed E-state index contributed by atoms with van der Waals surface area (Å²) in [4.78, 5) is 23.8. The van der Waals surface area contributed by atoms with Crippen LogP contribution in [0.5, 0.6) is 0 Å². The van der Waals surface area contributed by atoms with Crippen molar-refractivity contribution in [1.82, 2.24) is 0 Å². The molecule has 20 heavy (non-hydrogen) atoms. The Hall–Kier alpha value is -1.36. The minimum absolute atomic E-state index is 0.129. The van der Waals surface area contributed by atoms with Gasteiger partial charge in [0.25, 0.3) is 0 Å². The van der Waals surface area contributed by atoms with E-state index >= 15 is 0 Å². The van der Waals surface area contributed by atoms with Crippen molar-refractivity contribution < 1.29 is 24.2 Å². The Morgan fingerprint density at radius 1 is 1.35 bits per heavy atom. The van der Waals surface area contributed by atoms with Crippen molar-refractivity contribution in [3.05, 3.63) is 11.1 Å². The van der Waals surface area contributed by atoms with Crippen LogP contribution in [0.15, 0.2) is 11.1 Å². The summed E-state index contributed by atoms with van der Waals surface area (Å²) in [6.07, 6.45) is 0.751. The van der Waals surface area contributed by atoms with Crippen LogP contribution in [0.1, 0.15) is 33.6 Å². The molecule has 0 unspecified atom stereocenters. The molecule has 5 heteroatoms. The number of hydrogen-bond donors (Lipinski definition) is 1. The fourth-order valence-corrected chi connectivity index (χ4v) is 4.03. The van der Waals surface area contributed by atoms with Crippen LogP contribution in [0.2, 0.25) is 0 Å². The van der Waals surface area contributed by atoms with E-state index in [1.807, 2.05) is 13.8 Å². The first kappa shape index (κ1) is 13.6. The van der Waals surface area contributed by atoms with E-state index in [1.54, 1.807) is 6.92 Å². The molecular formula is C15H20O5. The summed E-state index contributed by atoms with van der Waals surface area (Å²) in [5.74, 6) is -0.599. The van der Waals surface area contributed by atoms with Crippen molar-refractivity contribution in [1.29, 1.82) is 0 Å². The van der Waals surface area contributed by atoms with Gasteiger partial charge in [-0.3, -0.25) is 4.79 Å². The molecule has 2 heterocycles. The second-order valence-corrected chi connectivity index (χ2v) is 6.38. The molecule has 0 aromatic heterocycles. The number of cyclic esters (lactones) is 1. The highest BCUT2D eigenvalue weighted by Gasteiger charge is 2.57. The highest BCUT2D eigenvalue weighted by Crippen LogP contribution is 2.54. The van der Waals surface area contributed by atoms with E-state index in [1.165, 1.54) is 0 Å².